The molecule has 1 aromatic rings. The first-order valence-corrected chi connectivity index (χ1v) is 6.65. The van der Waals surface area contributed by atoms with E-state index in [1.165, 1.54) is 0 Å². The predicted molar refractivity (Wildman–Crippen MR) is 72.8 cm³/mol. The molecule has 5 nitrogen and oxygen atoms in total. The van der Waals surface area contributed by atoms with Crippen molar-refractivity contribution in [1.29, 1.82) is 0 Å². The smallest absolute Gasteiger partial charge is 0.407 e. The van der Waals surface area contributed by atoms with Crippen molar-refractivity contribution in [2.45, 2.75) is 13.8 Å². The first-order valence-electron chi connectivity index (χ1n) is 6.65. The molecule has 0 saturated carbocycles. The number of alkyl carbamates (subject to hydrolysis) is 1. The Bertz CT molecular complexity index is 550. The van der Waals surface area contributed by atoms with E-state index in [0.29, 0.717) is 6.07 Å². The van der Waals surface area contributed by atoms with Gasteiger partial charge in [0.1, 0.15) is 0 Å². The average molecular weight is 318 g/mol. The van der Waals surface area contributed by atoms with Gasteiger partial charge in [0, 0.05) is 13.1 Å². The molecule has 2 N–H and O–H groups in total. The summed E-state index contributed by atoms with van der Waals surface area (Å²) < 4.78 is 43.9. The highest BCUT2D eigenvalue weighted by Gasteiger charge is 2.18. The van der Waals surface area contributed by atoms with E-state index in [4.69, 9.17) is 4.74 Å². The summed E-state index contributed by atoms with van der Waals surface area (Å²) in [7, 11) is 0. The van der Waals surface area contributed by atoms with E-state index in [2.05, 4.69) is 10.6 Å². The van der Waals surface area contributed by atoms with Gasteiger partial charge in [-0.05, 0) is 18.1 Å². The topological polar surface area (TPSA) is 67.4 Å². The Morgan fingerprint density at radius 3 is 2.36 bits per heavy atom. The van der Waals surface area contributed by atoms with E-state index in [-0.39, 0.29) is 25.6 Å². The van der Waals surface area contributed by atoms with Gasteiger partial charge >= 0.3 is 6.09 Å². The van der Waals surface area contributed by atoms with E-state index in [0.717, 1.165) is 6.07 Å². The number of carbonyl (C=O) groups is 2. The van der Waals surface area contributed by atoms with Crippen molar-refractivity contribution in [1.82, 2.24) is 10.6 Å². The lowest BCUT2D eigenvalue weighted by Gasteiger charge is -2.10. The van der Waals surface area contributed by atoms with Gasteiger partial charge in [0.05, 0.1) is 12.2 Å². The molecule has 2 amide bonds. The number of carbonyl (C=O) groups excluding carboxylic acids is 2. The van der Waals surface area contributed by atoms with Crippen molar-refractivity contribution in [3.63, 3.8) is 0 Å². The number of halogens is 3. The largest absolute Gasteiger partial charge is 0.449 e. The molecule has 1 rings (SSSR count). The first kappa shape index (κ1) is 17.8. The summed E-state index contributed by atoms with van der Waals surface area (Å²) in [6, 6.07) is 1.50. The Hall–Kier alpha value is -2.25. The third-order valence-corrected chi connectivity index (χ3v) is 2.51. The number of nitrogens with one attached hydrogen (secondary N) is 2. The predicted octanol–water partition coefficient (Wildman–Crippen LogP) is 2.22. The zero-order valence-corrected chi connectivity index (χ0v) is 12.2. The fraction of sp³-hybridized carbons (Fsp3) is 0.429. The zero-order valence-electron chi connectivity index (χ0n) is 12.2. The lowest BCUT2D eigenvalue weighted by molar-refractivity contribution is 0.0946. The zero-order chi connectivity index (χ0) is 16.7. The summed E-state index contributed by atoms with van der Waals surface area (Å²) >= 11 is 0. The summed E-state index contributed by atoms with van der Waals surface area (Å²) in [5.74, 6) is -5.34. The maximum absolute atomic E-state index is 13.4. The molecule has 0 aliphatic rings. The second-order valence-corrected chi connectivity index (χ2v) is 4.90. The van der Waals surface area contributed by atoms with Gasteiger partial charge in [-0.15, -0.1) is 0 Å². The van der Waals surface area contributed by atoms with E-state index in [9.17, 15) is 22.8 Å². The summed E-state index contributed by atoms with van der Waals surface area (Å²) in [6.45, 7) is 4.05. The number of benzene rings is 1. The van der Waals surface area contributed by atoms with Crippen molar-refractivity contribution < 1.29 is 27.5 Å². The third kappa shape index (κ3) is 5.27. The molecule has 0 atom stereocenters. The van der Waals surface area contributed by atoms with Crippen LogP contribution < -0.4 is 10.6 Å². The molecular weight excluding hydrogens is 301 g/mol. The third-order valence-electron chi connectivity index (χ3n) is 2.51. The number of rotatable bonds is 6. The van der Waals surface area contributed by atoms with Crippen LogP contribution in [0.15, 0.2) is 12.1 Å². The highest BCUT2D eigenvalue weighted by Crippen LogP contribution is 2.14. The van der Waals surface area contributed by atoms with E-state index in [1.54, 1.807) is 0 Å². The minimum absolute atomic E-state index is 0.0198. The highest BCUT2D eigenvalue weighted by molar-refractivity contribution is 5.94. The number of hydrogen-bond acceptors (Lipinski definition) is 3. The lowest BCUT2D eigenvalue weighted by atomic mass is 10.2. The number of ether oxygens (including phenoxy) is 1. The van der Waals surface area contributed by atoms with Gasteiger partial charge < -0.3 is 15.4 Å². The van der Waals surface area contributed by atoms with Crippen molar-refractivity contribution >= 4 is 12.0 Å². The minimum Gasteiger partial charge on any atom is -0.449 e. The van der Waals surface area contributed by atoms with Crippen LogP contribution in [0, 0.1) is 23.4 Å². The Labute approximate surface area is 125 Å². The van der Waals surface area contributed by atoms with Crippen molar-refractivity contribution in [3.8, 4) is 0 Å². The first-order chi connectivity index (χ1) is 10.3. The second-order valence-electron chi connectivity index (χ2n) is 4.90. The van der Waals surface area contributed by atoms with Gasteiger partial charge in [0.15, 0.2) is 17.5 Å². The van der Waals surface area contributed by atoms with Crippen LogP contribution >= 0.6 is 0 Å². The van der Waals surface area contributed by atoms with Crippen LogP contribution in [0.3, 0.4) is 0 Å². The Morgan fingerprint density at radius 1 is 1.09 bits per heavy atom. The van der Waals surface area contributed by atoms with Gasteiger partial charge in [0.2, 0.25) is 0 Å². The SMILES string of the molecule is CC(C)COC(=O)NCCNC(=O)c1ccc(F)c(F)c1F. The molecule has 0 bridgehead atoms. The van der Waals surface area contributed by atoms with Crippen LogP contribution in [0.25, 0.3) is 0 Å². The van der Waals surface area contributed by atoms with Gasteiger partial charge in [0.25, 0.3) is 5.91 Å². The summed E-state index contributed by atoms with van der Waals surface area (Å²) in [4.78, 5) is 22.8. The molecule has 0 unspecified atom stereocenters. The molecule has 0 radical (unpaired) electrons. The molecular formula is C14H17F3N2O3. The molecule has 8 heteroatoms. The summed E-state index contributed by atoms with van der Waals surface area (Å²) in [5.41, 5.74) is -0.610. The number of amides is 2. The highest BCUT2D eigenvalue weighted by atomic mass is 19.2. The Morgan fingerprint density at radius 2 is 1.73 bits per heavy atom. The average Bonchev–Trinajstić information content (AvgIpc) is 2.47. The van der Waals surface area contributed by atoms with E-state index < -0.39 is 35.0 Å². The second kappa shape index (κ2) is 8.26. The van der Waals surface area contributed by atoms with Crippen LogP contribution in [0.1, 0.15) is 24.2 Å². The minimum atomic E-state index is -1.71. The molecule has 0 aromatic heterocycles. The molecule has 0 aliphatic heterocycles. The molecule has 0 heterocycles. The fourth-order valence-electron chi connectivity index (χ4n) is 1.43. The monoisotopic (exact) mass is 318 g/mol. The molecule has 0 spiro atoms. The van der Waals surface area contributed by atoms with Gasteiger partial charge in [-0.2, -0.15) is 0 Å². The molecule has 0 fully saturated rings. The molecule has 0 saturated heterocycles. The number of hydrogen-bond donors (Lipinski definition) is 2. The summed E-state index contributed by atoms with van der Waals surface area (Å²) in [6.07, 6.45) is -0.637. The van der Waals surface area contributed by atoms with E-state index >= 15 is 0 Å². The standard InChI is InChI=1S/C14H17F3N2O3/c1-8(2)7-22-14(21)19-6-5-18-13(20)9-3-4-10(15)12(17)11(9)16/h3-4,8H,5-7H2,1-2H3,(H,18,20)(H,19,21). The van der Waals surface area contributed by atoms with E-state index in [1.807, 2.05) is 13.8 Å². The van der Waals surface area contributed by atoms with Crippen LogP contribution in [-0.4, -0.2) is 31.7 Å². The van der Waals surface area contributed by atoms with Crippen molar-refractivity contribution in [3.05, 3.63) is 35.1 Å². The van der Waals surface area contributed by atoms with Gasteiger partial charge in [-0.25, -0.2) is 18.0 Å². The normalized spacial score (nSPS) is 10.5. The quantitative estimate of drug-likeness (QED) is 0.624. The lowest BCUT2D eigenvalue weighted by Crippen LogP contribution is -2.35. The van der Waals surface area contributed by atoms with Crippen molar-refractivity contribution in [2.75, 3.05) is 19.7 Å². The van der Waals surface area contributed by atoms with Crippen LogP contribution in [0.5, 0.6) is 0 Å². The van der Waals surface area contributed by atoms with Crippen LogP contribution in [0.2, 0.25) is 0 Å². The molecule has 22 heavy (non-hydrogen) atoms. The van der Waals surface area contributed by atoms with Crippen LogP contribution in [-0.2, 0) is 4.74 Å². The molecule has 0 aliphatic carbocycles. The van der Waals surface area contributed by atoms with Crippen LogP contribution in [0.4, 0.5) is 18.0 Å². The van der Waals surface area contributed by atoms with Gasteiger partial charge in [-0.3, -0.25) is 4.79 Å². The maximum Gasteiger partial charge on any atom is 0.407 e. The summed E-state index contributed by atoms with van der Waals surface area (Å²) in [5, 5.41) is 4.64. The van der Waals surface area contributed by atoms with Gasteiger partial charge in [-0.1, -0.05) is 13.8 Å². The molecule has 122 valence electrons. The maximum atomic E-state index is 13.4. The Balaban J connectivity index is 2.38. The van der Waals surface area contributed by atoms with Crippen molar-refractivity contribution in [2.24, 2.45) is 5.92 Å². The Kier molecular flexibility index (Phi) is 6.68. The fourth-order valence-corrected chi connectivity index (χ4v) is 1.43. The molecule has 1 aromatic carbocycles.